The molecule has 2 unspecified atom stereocenters. The van der Waals surface area contributed by atoms with Crippen molar-refractivity contribution in [2.24, 2.45) is 5.92 Å². The Hall–Kier alpha value is -1.79. The Morgan fingerprint density at radius 2 is 2.25 bits per heavy atom. The highest BCUT2D eigenvalue weighted by Gasteiger charge is 2.23. The second kappa shape index (κ2) is 6.58. The first kappa shape index (κ1) is 14.6. The van der Waals surface area contributed by atoms with Crippen LogP contribution in [0.4, 0.5) is 0 Å². The molecule has 106 valence electrons. The molecule has 0 heterocycles. The third kappa shape index (κ3) is 3.61. The van der Waals surface area contributed by atoms with Gasteiger partial charge in [-0.05, 0) is 49.8 Å². The highest BCUT2D eigenvalue weighted by molar-refractivity contribution is 5.96. The van der Waals surface area contributed by atoms with Crippen molar-refractivity contribution < 1.29 is 9.90 Å². The molecule has 1 aliphatic carbocycles. The maximum absolute atomic E-state index is 12.3. The van der Waals surface area contributed by atoms with Crippen molar-refractivity contribution in [2.45, 2.75) is 39.2 Å². The fraction of sp³-hybridized carbons (Fsp3) is 0.471. The van der Waals surface area contributed by atoms with E-state index in [0.717, 1.165) is 24.0 Å². The molecular formula is C17H21NO2. The van der Waals surface area contributed by atoms with Crippen molar-refractivity contribution in [1.82, 2.24) is 5.32 Å². The molecule has 0 saturated heterocycles. The Bertz CT molecular complexity index is 554. The largest absolute Gasteiger partial charge is 0.384 e. The van der Waals surface area contributed by atoms with Gasteiger partial charge in [0.25, 0.3) is 5.91 Å². The van der Waals surface area contributed by atoms with Gasteiger partial charge in [0.05, 0.1) is 0 Å². The molecule has 1 saturated carbocycles. The highest BCUT2D eigenvalue weighted by Crippen LogP contribution is 2.25. The van der Waals surface area contributed by atoms with Crippen LogP contribution < -0.4 is 5.32 Å². The van der Waals surface area contributed by atoms with E-state index in [1.165, 1.54) is 6.42 Å². The highest BCUT2D eigenvalue weighted by atomic mass is 16.2. The van der Waals surface area contributed by atoms with Gasteiger partial charge in [-0.3, -0.25) is 4.79 Å². The number of carbonyl (C=O) groups excluding carboxylic acids is 1. The summed E-state index contributed by atoms with van der Waals surface area (Å²) in [5.74, 6) is 6.12. The second-order valence-electron chi connectivity index (χ2n) is 5.58. The summed E-state index contributed by atoms with van der Waals surface area (Å²) in [5.41, 5.74) is 2.38. The predicted molar refractivity (Wildman–Crippen MR) is 79.4 cm³/mol. The van der Waals surface area contributed by atoms with E-state index in [9.17, 15) is 4.79 Å². The third-order valence-corrected chi connectivity index (χ3v) is 3.82. The van der Waals surface area contributed by atoms with E-state index in [0.29, 0.717) is 17.5 Å². The Balaban J connectivity index is 2.12. The molecule has 2 rings (SSSR count). The summed E-state index contributed by atoms with van der Waals surface area (Å²) in [6.07, 6.45) is 3.32. The fourth-order valence-electron chi connectivity index (χ4n) is 2.69. The lowest BCUT2D eigenvalue weighted by atomic mass is 10.0. The van der Waals surface area contributed by atoms with Crippen LogP contribution in [0.5, 0.6) is 0 Å². The van der Waals surface area contributed by atoms with E-state index in [1.807, 2.05) is 19.1 Å². The van der Waals surface area contributed by atoms with Gasteiger partial charge >= 0.3 is 0 Å². The van der Waals surface area contributed by atoms with Gasteiger partial charge in [-0.2, -0.15) is 0 Å². The maximum Gasteiger partial charge on any atom is 0.251 e. The molecule has 1 aromatic rings. The van der Waals surface area contributed by atoms with Crippen molar-refractivity contribution in [3.05, 3.63) is 34.9 Å². The number of nitrogens with one attached hydrogen (secondary N) is 1. The SMILES string of the molecule is Cc1ccc(C#CCO)cc1C(=O)NC1CCC(C)C1. The standard InChI is InChI=1S/C17H21NO2/c1-12-5-8-15(10-12)18-17(20)16-11-14(4-3-9-19)7-6-13(16)2/h6-7,11-12,15,19H,5,8-10H2,1-2H3,(H,18,20). The van der Waals surface area contributed by atoms with Gasteiger partial charge in [-0.25, -0.2) is 0 Å². The summed E-state index contributed by atoms with van der Waals surface area (Å²) < 4.78 is 0. The smallest absolute Gasteiger partial charge is 0.251 e. The summed E-state index contributed by atoms with van der Waals surface area (Å²) in [5, 5.41) is 11.8. The molecule has 1 aromatic carbocycles. The van der Waals surface area contributed by atoms with Crippen LogP contribution in [-0.2, 0) is 0 Å². The lowest BCUT2D eigenvalue weighted by Gasteiger charge is -2.14. The number of hydrogen-bond acceptors (Lipinski definition) is 2. The quantitative estimate of drug-likeness (QED) is 0.811. The molecule has 2 N–H and O–H groups in total. The Morgan fingerprint density at radius 1 is 1.45 bits per heavy atom. The monoisotopic (exact) mass is 271 g/mol. The van der Waals surface area contributed by atoms with Crippen LogP contribution in [0.25, 0.3) is 0 Å². The van der Waals surface area contributed by atoms with Crippen LogP contribution in [0.3, 0.4) is 0 Å². The van der Waals surface area contributed by atoms with Gasteiger partial charge < -0.3 is 10.4 Å². The first-order valence-corrected chi connectivity index (χ1v) is 7.11. The zero-order valence-electron chi connectivity index (χ0n) is 12.1. The van der Waals surface area contributed by atoms with E-state index < -0.39 is 0 Å². The number of amides is 1. The van der Waals surface area contributed by atoms with Crippen molar-refractivity contribution >= 4 is 5.91 Å². The molecular weight excluding hydrogens is 250 g/mol. The van der Waals surface area contributed by atoms with Crippen LogP contribution in [0.1, 0.15) is 47.7 Å². The van der Waals surface area contributed by atoms with Crippen LogP contribution in [0, 0.1) is 24.7 Å². The van der Waals surface area contributed by atoms with E-state index >= 15 is 0 Å². The molecule has 1 fully saturated rings. The van der Waals surface area contributed by atoms with Crippen LogP contribution in [0.15, 0.2) is 18.2 Å². The van der Waals surface area contributed by atoms with E-state index in [-0.39, 0.29) is 12.5 Å². The maximum atomic E-state index is 12.3. The normalized spacial score (nSPS) is 21.1. The minimum Gasteiger partial charge on any atom is -0.384 e. The van der Waals surface area contributed by atoms with Gasteiger partial charge in [0.15, 0.2) is 0 Å². The average Bonchev–Trinajstić information content (AvgIpc) is 2.83. The molecule has 20 heavy (non-hydrogen) atoms. The average molecular weight is 271 g/mol. The number of aryl methyl sites for hydroxylation is 1. The molecule has 2 atom stereocenters. The van der Waals surface area contributed by atoms with Crippen LogP contribution in [0.2, 0.25) is 0 Å². The summed E-state index contributed by atoms with van der Waals surface area (Å²) in [6.45, 7) is 3.98. The van der Waals surface area contributed by atoms with E-state index in [2.05, 4.69) is 24.1 Å². The van der Waals surface area contributed by atoms with Crippen LogP contribution >= 0.6 is 0 Å². The first-order valence-electron chi connectivity index (χ1n) is 7.11. The first-order chi connectivity index (χ1) is 9.60. The van der Waals surface area contributed by atoms with Crippen molar-refractivity contribution in [3.8, 4) is 11.8 Å². The number of aliphatic hydroxyl groups excluding tert-OH is 1. The Morgan fingerprint density at radius 3 is 2.90 bits per heavy atom. The predicted octanol–water partition coefficient (Wildman–Crippen LogP) is 2.26. The van der Waals surface area contributed by atoms with Crippen molar-refractivity contribution in [3.63, 3.8) is 0 Å². The number of benzene rings is 1. The van der Waals surface area contributed by atoms with Crippen molar-refractivity contribution in [1.29, 1.82) is 0 Å². The van der Waals surface area contributed by atoms with Crippen LogP contribution in [-0.4, -0.2) is 23.7 Å². The topological polar surface area (TPSA) is 49.3 Å². The zero-order valence-corrected chi connectivity index (χ0v) is 12.1. The molecule has 0 aromatic heterocycles. The van der Waals surface area contributed by atoms with E-state index in [4.69, 9.17) is 5.11 Å². The molecule has 0 radical (unpaired) electrons. The number of aliphatic hydroxyl groups is 1. The molecule has 1 amide bonds. The fourth-order valence-corrected chi connectivity index (χ4v) is 2.69. The van der Waals surface area contributed by atoms with E-state index in [1.54, 1.807) is 6.07 Å². The third-order valence-electron chi connectivity index (χ3n) is 3.82. The summed E-state index contributed by atoms with van der Waals surface area (Å²) in [4.78, 5) is 12.3. The number of carbonyl (C=O) groups is 1. The Labute approximate surface area is 120 Å². The van der Waals surface area contributed by atoms with Gasteiger partial charge in [0, 0.05) is 17.2 Å². The molecule has 0 aliphatic heterocycles. The lowest BCUT2D eigenvalue weighted by Crippen LogP contribution is -2.33. The minimum atomic E-state index is -0.171. The summed E-state index contributed by atoms with van der Waals surface area (Å²) in [7, 11) is 0. The number of rotatable bonds is 2. The lowest BCUT2D eigenvalue weighted by molar-refractivity contribution is 0.0936. The summed E-state index contributed by atoms with van der Waals surface area (Å²) in [6, 6.07) is 5.86. The van der Waals surface area contributed by atoms with Gasteiger partial charge in [-0.15, -0.1) is 0 Å². The van der Waals surface area contributed by atoms with Gasteiger partial charge in [-0.1, -0.05) is 24.8 Å². The summed E-state index contributed by atoms with van der Waals surface area (Å²) >= 11 is 0. The number of hydrogen-bond donors (Lipinski definition) is 2. The zero-order chi connectivity index (χ0) is 14.5. The molecule has 3 heteroatoms. The van der Waals surface area contributed by atoms with Crippen molar-refractivity contribution in [2.75, 3.05) is 6.61 Å². The van der Waals surface area contributed by atoms with Gasteiger partial charge in [0.1, 0.15) is 6.61 Å². The van der Waals surface area contributed by atoms with Gasteiger partial charge in [0.2, 0.25) is 0 Å². The molecule has 1 aliphatic rings. The Kier molecular flexibility index (Phi) is 4.81. The molecule has 0 bridgehead atoms. The molecule has 3 nitrogen and oxygen atoms in total. The molecule has 0 spiro atoms. The second-order valence-corrected chi connectivity index (χ2v) is 5.58. The minimum absolute atomic E-state index is 0.0192.